The third-order valence-electron chi connectivity index (χ3n) is 26.6. The molecule has 0 aromatic carbocycles. The zero-order chi connectivity index (χ0) is 68.3. The van der Waals surface area contributed by atoms with E-state index in [9.17, 15) is 24.4 Å². The van der Waals surface area contributed by atoms with E-state index in [4.69, 9.17) is 44.0 Å². The molecule has 11 unspecified atom stereocenters. The molecule has 8 saturated carbocycles. The number of halogens is 1. The number of alkyl halides is 1. The number of carboxylic acids is 2. The normalized spacial score (nSPS) is 36.1. The van der Waals surface area contributed by atoms with Gasteiger partial charge in [-0.15, -0.1) is 0 Å². The van der Waals surface area contributed by atoms with Gasteiger partial charge in [0, 0.05) is 19.6 Å². The molecule has 0 bridgehead atoms. The van der Waals surface area contributed by atoms with Crippen LogP contribution in [0, 0.1) is 97.9 Å². The Bertz CT molecular complexity index is 2130. The predicted molar refractivity (Wildman–Crippen MR) is 388 cm³/mol. The number of hydrogen-bond donors (Lipinski definition) is 4. The first-order chi connectivity index (χ1) is 44.1. The van der Waals surface area contributed by atoms with Crippen molar-refractivity contribution in [1.82, 2.24) is 5.06 Å². The van der Waals surface area contributed by atoms with E-state index in [2.05, 4.69) is 81.4 Å². The average molecular weight is 1740 g/mol. The third-order valence-corrected chi connectivity index (χ3v) is 26.6. The van der Waals surface area contributed by atoms with Gasteiger partial charge in [0.1, 0.15) is 6.54 Å². The largest absolute Gasteiger partial charge is 2.00 e. The topological polar surface area (TPSA) is 302 Å². The van der Waals surface area contributed by atoms with Crippen LogP contribution in [0.2, 0.25) is 0 Å². The van der Waals surface area contributed by atoms with Crippen molar-refractivity contribution < 1.29 is 98.4 Å². The van der Waals surface area contributed by atoms with Gasteiger partial charge in [0.2, 0.25) is 0 Å². The molecule has 0 heterocycles. The van der Waals surface area contributed by atoms with E-state index in [1.54, 1.807) is 11.1 Å². The first kappa shape index (κ1) is 92.3. The van der Waals surface area contributed by atoms with Crippen LogP contribution < -0.4 is 5.06 Å². The van der Waals surface area contributed by atoms with Crippen molar-refractivity contribution in [3.8, 4) is 0 Å². The van der Waals surface area contributed by atoms with Gasteiger partial charge in [-0.05, 0) is 202 Å². The minimum absolute atomic E-state index is 0. The van der Waals surface area contributed by atoms with Crippen molar-refractivity contribution in [3.05, 3.63) is 51.4 Å². The molecule has 0 amide bonds. The maximum atomic E-state index is 11.7. The van der Waals surface area contributed by atoms with Crippen LogP contribution in [0.25, 0.3) is 22.9 Å². The number of allylic oxidation sites excluding steroid dienone is 2. The average Bonchev–Trinajstić information content (AvgIpc) is 1.30. The van der Waals surface area contributed by atoms with Gasteiger partial charge in [0.25, 0.3) is 0 Å². The molecule has 0 aromatic heterocycles. The fraction of sp³-hybridized carbons (Fsp3) is 0.923. The fourth-order valence-electron chi connectivity index (χ4n) is 21.4. The van der Waals surface area contributed by atoms with E-state index < -0.39 is 19.1 Å². The zero-order valence-electron chi connectivity index (χ0n) is 62.5. The second kappa shape index (κ2) is 44.9. The molecule has 0 aliphatic heterocycles. The van der Waals surface area contributed by atoms with Gasteiger partial charge in [0.05, 0.1) is 33.9 Å². The van der Waals surface area contributed by atoms with E-state index in [0.29, 0.717) is 60.8 Å². The van der Waals surface area contributed by atoms with Crippen molar-refractivity contribution >= 4 is 11.9 Å². The third kappa shape index (κ3) is 25.8. The quantitative estimate of drug-likeness (QED) is 0.0405. The molecule has 0 saturated heterocycles. The van der Waals surface area contributed by atoms with E-state index in [1.165, 1.54) is 141 Å². The summed E-state index contributed by atoms with van der Waals surface area (Å²) < 4.78 is 27.9. The molecule has 10 aliphatic carbocycles. The predicted octanol–water partition coefficient (Wildman–Crippen LogP) is 18.2. The Hall–Kier alpha value is -0.753. The second-order valence-electron chi connectivity index (χ2n) is 33.4. The van der Waals surface area contributed by atoms with Gasteiger partial charge < -0.3 is 69.1 Å². The van der Waals surface area contributed by atoms with Gasteiger partial charge in [-0.3, -0.25) is 9.18 Å². The van der Waals surface area contributed by atoms with Crippen LogP contribution in [0.4, 0.5) is 4.39 Å². The van der Waals surface area contributed by atoms with Gasteiger partial charge in [0.15, 0.2) is 6.54 Å². The summed E-state index contributed by atoms with van der Waals surface area (Å²) in [5.74, 6) is 8.35. The molecule has 0 radical (unpaired) electrons. The van der Waals surface area contributed by atoms with Gasteiger partial charge in [-0.2, -0.15) is 29.2 Å². The molecule has 97 heavy (non-hydrogen) atoms. The molecule has 21 atom stereocenters. The second-order valence-corrected chi connectivity index (χ2v) is 33.4. The molecule has 10 aliphatic rings. The smallest absolute Gasteiger partial charge is 0.676 e. The van der Waals surface area contributed by atoms with E-state index >= 15 is 0 Å². The minimum atomic E-state index is -1.03. The fourth-order valence-corrected chi connectivity index (χ4v) is 21.4. The summed E-state index contributed by atoms with van der Waals surface area (Å²) in [6.45, 7) is 26.1. The molecule has 0 aromatic rings. The summed E-state index contributed by atoms with van der Waals surface area (Å²) in [6, 6.07) is -0.319. The number of carbonyl (C=O) groups is 2. The van der Waals surface area contributed by atoms with Crippen molar-refractivity contribution in [3.63, 3.8) is 0 Å². The number of aliphatic carboxylic acids is 2. The number of quaternary nitrogens is 1. The monoisotopic (exact) mass is 1740 g/mol. The maximum absolute atomic E-state index is 11.7. The summed E-state index contributed by atoms with van der Waals surface area (Å²) >= 11 is 0. The molecule has 19 heteroatoms. The molecule has 16 nitrogen and oxygen atoms in total. The summed E-state index contributed by atoms with van der Waals surface area (Å²) in [5.41, 5.74) is 34.2. The van der Waals surface area contributed by atoms with E-state index in [0.717, 1.165) is 127 Å². The van der Waals surface area contributed by atoms with Crippen molar-refractivity contribution in [2.24, 2.45) is 92.7 Å². The minimum Gasteiger partial charge on any atom is -0.676 e. The Labute approximate surface area is 620 Å². The number of carboxylic acid groups (broad SMARTS) is 2. The molecule has 8 fully saturated rings. The van der Waals surface area contributed by atoms with Crippen LogP contribution >= 0.6 is 0 Å². The Morgan fingerprint density at radius 2 is 0.979 bits per heavy atom. The molecular weight excluding hydrogens is 1590 g/mol. The van der Waals surface area contributed by atoms with Crippen LogP contribution in [0.5, 0.6) is 0 Å². The first-order valence-electron chi connectivity index (χ1n) is 38.5. The summed E-state index contributed by atoms with van der Waals surface area (Å²) in [5, 5.41) is 39.5. The number of nitrogens with zero attached hydrogens (tertiary/aromatic N) is 1. The number of rotatable bonds is 24. The van der Waals surface area contributed by atoms with Crippen LogP contribution in [0.3, 0.4) is 0 Å². The summed E-state index contributed by atoms with van der Waals surface area (Å²) in [7, 11) is -1.00. The molecule has 0 spiro atoms. The zero-order valence-corrected chi connectivity index (χ0v) is 66.0. The standard InChI is InChI=1S/2C32H55NO4.2C6H12N2.CH3F.CH4.2H2O.2Pt/c2*1-22(2)8-6-9-23(3)27-12-13-28-26-11-10-24-20-25(37-19-7-18-33(36)21-30(34)35)14-16-31(24,4)29(26)15-17-32(27,28)5;2*7-5-3-1-2-4-6(5)8;1-2;;;;;/h10,22-23,25-29,36H,6-9,11-21H2,1-5H3,(H,34,35);10,22-23,25-29,33H,6-9,11-21H2,1-5H3,(H,34,35);2*5-8H,1-4H2;1H3;1H4;2*1H2;;/q;;2*-2;;;;;2*+2/t2*23-,25+,26?,27-,28?,29?,31+,32-;;;;;;;;/m11......../s1/i;;;;1D;;;;;. The van der Waals surface area contributed by atoms with Crippen LogP contribution in [0.15, 0.2) is 23.3 Å². The Balaban J connectivity index is 0.000000740. The number of hydroxylamine groups is 4. The van der Waals surface area contributed by atoms with Crippen molar-refractivity contribution in [2.45, 2.75) is 319 Å². The van der Waals surface area contributed by atoms with Crippen LogP contribution in [-0.4, -0.2) is 126 Å². The summed E-state index contributed by atoms with van der Waals surface area (Å²) in [6.07, 6.45) is 44.7. The van der Waals surface area contributed by atoms with E-state index in [-0.39, 0.29) is 115 Å². The molecular formula is C78H145FN6O10Pt2. The number of nitrogens with one attached hydrogen (secondary N) is 5. The van der Waals surface area contributed by atoms with E-state index in [1.807, 2.05) is 0 Å². The summed E-state index contributed by atoms with van der Waals surface area (Å²) in [4.78, 5) is 21.4. The molecule has 574 valence electrons. The van der Waals surface area contributed by atoms with Gasteiger partial charge in [-0.1, -0.05) is 190 Å². The number of fused-ring (bicyclic) bond motifs is 10. The number of hydrogen-bond acceptors (Lipinski definition) is 7. The Morgan fingerprint density at radius 3 is 1.33 bits per heavy atom. The van der Waals surface area contributed by atoms with Crippen LogP contribution in [-0.2, 0) is 61.2 Å². The van der Waals surface area contributed by atoms with Gasteiger partial charge in [-0.25, -0.2) is 4.79 Å². The Morgan fingerprint density at radius 1 is 0.598 bits per heavy atom. The SMILES string of the molecule is C.CC(C)CCC[C@@H](C)[C@H]1CCC2C3CC=C4C[C@@H](OCCCN(O)CC(=O)O)CC[C@]4(C)C3CC[C@@]21C.CC(C)CCC[C@@H](C)[C@H]1CCC2C3CC=C4C[C@@H](OCCC[NH+]([O-])CC(=O)O)CC[C@]4(C)C3CC[C@@]21C.O.O.[2H]CF.[NH-]C1CCCCC1[NH-].[NH-]C1CCCCC1[NH-].[Pt+2].[Pt+2]. The van der Waals surface area contributed by atoms with Crippen molar-refractivity contribution in [2.75, 3.05) is 46.5 Å². The number of ether oxygens (including phenoxy) is 2. The maximum Gasteiger partial charge on any atom is 2.00 e. The first-order valence-corrected chi connectivity index (χ1v) is 37.8. The Kier molecular flexibility index (Phi) is 42.8. The molecule has 12 N–H and O–H groups in total. The van der Waals surface area contributed by atoms with Crippen molar-refractivity contribution in [1.29, 1.82) is 0 Å². The van der Waals surface area contributed by atoms with Crippen LogP contribution in [0.1, 0.15) is 284 Å². The van der Waals surface area contributed by atoms with Gasteiger partial charge >= 0.3 is 54.1 Å². The molecule has 10 rings (SSSR count).